The van der Waals surface area contributed by atoms with Gasteiger partial charge in [-0.15, -0.1) is 0 Å². The lowest BCUT2D eigenvalue weighted by Gasteiger charge is -2.26. The van der Waals surface area contributed by atoms with Crippen molar-refractivity contribution in [2.45, 2.75) is 13.3 Å². The molecule has 0 atom stereocenters. The summed E-state index contributed by atoms with van der Waals surface area (Å²) in [6.45, 7) is 3.53. The maximum absolute atomic E-state index is 11.7. The van der Waals surface area contributed by atoms with Crippen molar-refractivity contribution in [3.05, 3.63) is 33.9 Å². The van der Waals surface area contributed by atoms with Gasteiger partial charge in [0.2, 0.25) is 5.91 Å². The van der Waals surface area contributed by atoms with E-state index in [-0.39, 0.29) is 11.6 Å². The Morgan fingerprint density at radius 3 is 2.83 bits per heavy atom. The first-order valence-electron chi connectivity index (χ1n) is 5.82. The Labute approximate surface area is 105 Å². The molecule has 1 aromatic carbocycles. The van der Waals surface area contributed by atoms with Crippen LogP contribution < -0.4 is 10.6 Å². The highest BCUT2D eigenvalue weighted by molar-refractivity contribution is 5.92. The van der Waals surface area contributed by atoms with E-state index in [4.69, 9.17) is 0 Å². The van der Waals surface area contributed by atoms with Crippen LogP contribution in [0.4, 0.5) is 11.4 Å². The van der Waals surface area contributed by atoms with Gasteiger partial charge in [0.05, 0.1) is 10.6 Å². The number of nitrogens with zero attached hydrogens (tertiary/aromatic N) is 1. The minimum absolute atomic E-state index is 0.0128. The molecule has 18 heavy (non-hydrogen) atoms. The first kappa shape index (κ1) is 12.5. The van der Waals surface area contributed by atoms with Gasteiger partial charge in [-0.3, -0.25) is 14.9 Å². The molecule has 1 heterocycles. The average molecular weight is 249 g/mol. The van der Waals surface area contributed by atoms with E-state index in [2.05, 4.69) is 10.6 Å². The van der Waals surface area contributed by atoms with Crippen molar-refractivity contribution in [2.75, 3.05) is 18.4 Å². The number of aryl methyl sites for hydroxylation is 1. The minimum atomic E-state index is -0.467. The van der Waals surface area contributed by atoms with Crippen LogP contribution in [-0.4, -0.2) is 23.9 Å². The SMILES string of the molecule is Cc1ccc([N+](=O)[O-])cc1NC(=O)CC1CNC1. The number of nitrogens with one attached hydrogen (secondary N) is 2. The lowest BCUT2D eigenvalue weighted by atomic mass is 9.99. The van der Waals surface area contributed by atoms with Crippen LogP contribution in [0, 0.1) is 23.0 Å². The smallest absolute Gasteiger partial charge is 0.271 e. The van der Waals surface area contributed by atoms with E-state index < -0.39 is 4.92 Å². The third-order valence-corrected chi connectivity index (χ3v) is 3.05. The van der Waals surface area contributed by atoms with Crippen molar-refractivity contribution in [1.82, 2.24) is 5.32 Å². The second kappa shape index (κ2) is 5.14. The molecule has 6 heteroatoms. The number of hydrogen-bond donors (Lipinski definition) is 2. The molecule has 1 saturated heterocycles. The number of hydrogen-bond acceptors (Lipinski definition) is 4. The molecule has 0 spiro atoms. The fourth-order valence-corrected chi connectivity index (χ4v) is 1.81. The van der Waals surface area contributed by atoms with Gasteiger partial charge in [-0.05, 0) is 31.5 Å². The molecule has 2 N–H and O–H groups in total. The number of nitro benzene ring substituents is 1. The standard InChI is InChI=1S/C12H15N3O3/c1-8-2-3-10(15(17)18)5-11(8)14-12(16)4-9-6-13-7-9/h2-3,5,9,13H,4,6-7H2,1H3,(H,14,16). The predicted octanol–water partition coefficient (Wildman–Crippen LogP) is 1.45. The Kier molecular flexibility index (Phi) is 3.57. The van der Waals surface area contributed by atoms with E-state index in [1.165, 1.54) is 12.1 Å². The van der Waals surface area contributed by atoms with E-state index in [9.17, 15) is 14.9 Å². The number of nitro groups is 1. The Balaban J connectivity index is 2.04. The molecule has 6 nitrogen and oxygen atoms in total. The molecular weight excluding hydrogens is 234 g/mol. The van der Waals surface area contributed by atoms with Gasteiger partial charge in [-0.2, -0.15) is 0 Å². The average Bonchev–Trinajstić information content (AvgIpc) is 2.26. The maximum Gasteiger partial charge on any atom is 0.271 e. The zero-order valence-corrected chi connectivity index (χ0v) is 10.1. The highest BCUT2D eigenvalue weighted by Crippen LogP contribution is 2.22. The molecule has 1 aromatic rings. The van der Waals surface area contributed by atoms with Crippen LogP contribution in [0.15, 0.2) is 18.2 Å². The van der Waals surface area contributed by atoms with Crippen molar-refractivity contribution in [1.29, 1.82) is 0 Å². The van der Waals surface area contributed by atoms with Gasteiger partial charge in [0.25, 0.3) is 5.69 Å². The van der Waals surface area contributed by atoms with E-state index in [0.29, 0.717) is 18.0 Å². The van der Waals surface area contributed by atoms with Gasteiger partial charge in [0.15, 0.2) is 0 Å². The summed E-state index contributed by atoms with van der Waals surface area (Å²) in [6, 6.07) is 4.46. The summed E-state index contributed by atoms with van der Waals surface area (Å²) in [4.78, 5) is 21.9. The predicted molar refractivity (Wildman–Crippen MR) is 67.4 cm³/mol. The third kappa shape index (κ3) is 2.84. The summed E-state index contributed by atoms with van der Waals surface area (Å²) in [5, 5.41) is 16.5. The molecule has 1 aliphatic rings. The number of anilines is 1. The third-order valence-electron chi connectivity index (χ3n) is 3.05. The summed E-state index contributed by atoms with van der Waals surface area (Å²) < 4.78 is 0. The van der Waals surface area contributed by atoms with Crippen LogP contribution in [0.25, 0.3) is 0 Å². The van der Waals surface area contributed by atoms with E-state index >= 15 is 0 Å². The first-order valence-corrected chi connectivity index (χ1v) is 5.82. The molecule has 2 rings (SSSR count). The zero-order valence-electron chi connectivity index (χ0n) is 10.1. The van der Waals surface area contributed by atoms with E-state index in [1.54, 1.807) is 6.07 Å². The highest BCUT2D eigenvalue weighted by atomic mass is 16.6. The number of carbonyl (C=O) groups excluding carboxylic acids is 1. The van der Waals surface area contributed by atoms with Gasteiger partial charge in [0, 0.05) is 18.6 Å². The summed E-state index contributed by atoms with van der Waals surface area (Å²) >= 11 is 0. The maximum atomic E-state index is 11.7. The number of benzene rings is 1. The second-order valence-corrected chi connectivity index (χ2v) is 4.53. The zero-order chi connectivity index (χ0) is 13.1. The molecule has 96 valence electrons. The number of rotatable bonds is 4. The number of amides is 1. The lowest BCUT2D eigenvalue weighted by molar-refractivity contribution is -0.384. The summed E-state index contributed by atoms with van der Waals surface area (Å²) in [5.74, 6) is 0.286. The van der Waals surface area contributed by atoms with Crippen LogP contribution in [0.2, 0.25) is 0 Å². The Morgan fingerprint density at radius 2 is 2.28 bits per heavy atom. The molecule has 0 unspecified atom stereocenters. The minimum Gasteiger partial charge on any atom is -0.326 e. The second-order valence-electron chi connectivity index (χ2n) is 4.53. The molecule has 0 aromatic heterocycles. The lowest BCUT2D eigenvalue weighted by Crippen LogP contribution is -2.43. The van der Waals surface area contributed by atoms with Crippen molar-refractivity contribution >= 4 is 17.3 Å². The van der Waals surface area contributed by atoms with E-state index in [1.807, 2.05) is 6.92 Å². The molecule has 0 radical (unpaired) electrons. The topological polar surface area (TPSA) is 84.3 Å². The first-order chi connectivity index (χ1) is 8.56. The summed E-state index contributed by atoms with van der Waals surface area (Å²) in [5.41, 5.74) is 1.32. The fraction of sp³-hybridized carbons (Fsp3) is 0.417. The molecular formula is C12H15N3O3. The highest BCUT2D eigenvalue weighted by Gasteiger charge is 2.20. The Morgan fingerprint density at radius 1 is 1.56 bits per heavy atom. The van der Waals surface area contributed by atoms with Crippen molar-refractivity contribution < 1.29 is 9.72 Å². The van der Waals surface area contributed by atoms with Crippen LogP contribution >= 0.6 is 0 Å². The van der Waals surface area contributed by atoms with Gasteiger partial charge < -0.3 is 10.6 Å². The van der Waals surface area contributed by atoms with Crippen molar-refractivity contribution in [3.63, 3.8) is 0 Å². The normalized spacial score (nSPS) is 14.9. The van der Waals surface area contributed by atoms with Crippen LogP contribution in [-0.2, 0) is 4.79 Å². The van der Waals surface area contributed by atoms with Gasteiger partial charge in [-0.1, -0.05) is 6.07 Å². The molecule has 0 bridgehead atoms. The summed E-state index contributed by atoms with van der Waals surface area (Å²) in [7, 11) is 0. The molecule has 1 fully saturated rings. The molecule has 0 aliphatic carbocycles. The molecule has 0 saturated carbocycles. The molecule has 1 aliphatic heterocycles. The van der Waals surface area contributed by atoms with E-state index in [0.717, 1.165) is 18.7 Å². The van der Waals surface area contributed by atoms with Crippen molar-refractivity contribution in [2.24, 2.45) is 5.92 Å². The number of carbonyl (C=O) groups is 1. The summed E-state index contributed by atoms with van der Waals surface area (Å²) in [6.07, 6.45) is 0.454. The monoisotopic (exact) mass is 249 g/mol. The van der Waals surface area contributed by atoms with Crippen LogP contribution in [0.5, 0.6) is 0 Å². The van der Waals surface area contributed by atoms with Crippen LogP contribution in [0.3, 0.4) is 0 Å². The van der Waals surface area contributed by atoms with Gasteiger partial charge in [-0.25, -0.2) is 0 Å². The Bertz CT molecular complexity index is 483. The van der Waals surface area contributed by atoms with Gasteiger partial charge >= 0.3 is 0 Å². The largest absolute Gasteiger partial charge is 0.326 e. The number of non-ortho nitro benzene ring substituents is 1. The quantitative estimate of drug-likeness (QED) is 0.624. The molecule has 1 amide bonds. The van der Waals surface area contributed by atoms with Crippen molar-refractivity contribution in [3.8, 4) is 0 Å². The Hall–Kier alpha value is -1.95. The van der Waals surface area contributed by atoms with Crippen LogP contribution in [0.1, 0.15) is 12.0 Å². The fourth-order valence-electron chi connectivity index (χ4n) is 1.81. The van der Waals surface area contributed by atoms with Gasteiger partial charge in [0.1, 0.15) is 0 Å².